The minimum atomic E-state index is -3.68. The van der Waals surface area contributed by atoms with Crippen LogP contribution in [0.3, 0.4) is 0 Å². The number of nitrogens with one attached hydrogen (secondary N) is 1. The molecule has 2 aromatic rings. The van der Waals surface area contributed by atoms with Crippen LogP contribution in [0.4, 0.5) is 5.69 Å². The Morgan fingerprint density at radius 1 is 1.43 bits per heavy atom. The molecule has 3 N–H and O–H groups in total. The van der Waals surface area contributed by atoms with E-state index in [1.807, 2.05) is 6.92 Å². The van der Waals surface area contributed by atoms with Crippen LogP contribution in [-0.4, -0.2) is 24.5 Å². The van der Waals surface area contributed by atoms with Gasteiger partial charge in [0, 0.05) is 24.5 Å². The van der Waals surface area contributed by atoms with Gasteiger partial charge >= 0.3 is 0 Å². The molecular weight excluding hydrogens is 288 g/mol. The molecule has 6 nitrogen and oxygen atoms in total. The van der Waals surface area contributed by atoms with Gasteiger partial charge in [0.15, 0.2) is 5.03 Å². The Bertz CT molecular complexity index is 813. The highest BCUT2D eigenvalue weighted by molar-refractivity contribution is 7.92. The highest BCUT2D eigenvalue weighted by Gasteiger charge is 2.17. The van der Waals surface area contributed by atoms with Crippen molar-refractivity contribution in [1.29, 1.82) is 0 Å². The summed E-state index contributed by atoms with van der Waals surface area (Å²) in [6, 6.07) is 5.14. The topological polar surface area (TPSA) is 90.0 Å². The van der Waals surface area contributed by atoms with Crippen molar-refractivity contribution in [2.24, 2.45) is 12.8 Å². The summed E-state index contributed by atoms with van der Waals surface area (Å²) in [7, 11) is -1.97. The SMILES string of the molecule is Cc1cc(NS(=O)(=O)c2cn(C)cn2)ccc1C#CCN. The van der Waals surface area contributed by atoms with Crippen LogP contribution in [-0.2, 0) is 17.1 Å². The normalized spacial score (nSPS) is 10.8. The molecule has 0 aliphatic rings. The number of benzene rings is 1. The lowest BCUT2D eigenvalue weighted by Crippen LogP contribution is -2.13. The van der Waals surface area contributed by atoms with Crippen LogP contribution >= 0.6 is 0 Å². The molecule has 0 bridgehead atoms. The molecule has 0 aliphatic carbocycles. The van der Waals surface area contributed by atoms with E-state index in [2.05, 4.69) is 21.5 Å². The van der Waals surface area contributed by atoms with E-state index in [-0.39, 0.29) is 11.6 Å². The van der Waals surface area contributed by atoms with E-state index in [0.29, 0.717) is 5.69 Å². The number of nitrogens with zero attached hydrogens (tertiary/aromatic N) is 2. The van der Waals surface area contributed by atoms with Gasteiger partial charge in [-0.1, -0.05) is 11.8 Å². The predicted molar refractivity (Wildman–Crippen MR) is 81.1 cm³/mol. The number of sulfonamides is 1. The maximum absolute atomic E-state index is 12.2. The minimum absolute atomic E-state index is 0.0188. The van der Waals surface area contributed by atoms with E-state index in [1.165, 1.54) is 12.5 Å². The third-order valence-corrected chi connectivity index (χ3v) is 4.03. The van der Waals surface area contributed by atoms with Gasteiger partial charge in [-0.05, 0) is 30.7 Å². The number of hydrogen-bond donors (Lipinski definition) is 2. The standard InChI is InChI=1S/C14H16N4O2S/c1-11-8-13(6-5-12(11)4-3-7-15)17-21(19,20)14-9-18(2)10-16-14/h5-6,8-10,17H,7,15H2,1-2H3. The predicted octanol–water partition coefficient (Wildman–Crippen LogP) is 0.840. The molecule has 0 atom stereocenters. The van der Waals surface area contributed by atoms with Crippen molar-refractivity contribution in [2.45, 2.75) is 11.9 Å². The van der Waals surface area contributed by atoms with Crippen molar-refractivity contribution in [1.82, 2.24) is 9.55 Å². The zero-order valence-corrected chi connectivity index (χ0v) is 12.6. The monoisotopic (exact) mass is 304 g/mol. The van der Waals surface area contributed by atoms with E-state index in [9.17, 15) is 8.42 Å². The Morgan fingerprint density at radius 2 is 2.19 bits per heavy atom. The first kappa shape index (κ1) is 15.1. The highest BCUT2D eigenvalue weighted by atomic mass is 32.2. The summed E-state index contributed by atoms with van der Waals surface area (Å²) in [5.41, 5.74) is 7.49. The zero-order chi connectivity index (χ0) is 15.5. The molecule has 1 aromatic carbocycles. The molecule has 2 rings (SSSR count). The minimum Gasteiger partial charge on any atom is -0.339 e. The van der Waals surface area contributed by atoms with E-state index in [4.69, 9.17) is 5.73 Å². The summed E-state index contributed by atoms with van der Waals surface area (Å²) in [5.74, 6) is 5.70. The first-order valence-corrected chi connectivity index (χ1v) is 7.71. The van der Waals surface area contributed by atoms with Crippen LogP contribution in [0.2, 0.25) is 0 Å². The molecule has 21 heavy (non-hydrogen) atoms. The van der Waals surface area contributed by atoms with E-state index >= 15 is 0 Å². The number of nitrogens with two attached hydrogens (primary N) is 1. The number of imidazole rings is 1. The van der Waals surface area contributed by atoms with E-state index in [0.717, 1.165) is 11.1 Å². The molecule has 0 unspecified atom stereocenters. The van der Waals surface area contributed by atoms with Gasteiger partial charge in [0.2, 0.25) is 0 Å². The number of anilines is 1. The van der Waals surface area contributed by atoms with E-state index in [1.54, 1.807) is 29.8 Å². The van der Waals surface area contributed by atoms with Crippen LogP contribution in [0, 0.1) is 18.8 Å². The summed E-state index contributed by atoms with van der Waals surface area (Å²) < 4.78 is 28.4. The largest absolute Gasteiger partial charge is 0.339 e. The molecule has 0 saturated heterocycles. The number of rotatable bonds is 3. The maximum Gasteiger partial charge on any atom is 0.280 e. The Hall–Kier alpha value is -2.30. The molecule has 0 fully saturated rings. The molecular formula is C14H16N4O2S. The molecule has 1 heterocycles. The summed E-state index contributed by atoms with van der Waals surface area (Å²) in [5, 5.41) is -0.0188. The molecule has 0 radical (unpaired) electrons. The van der Waals surface area contributed by atoms with Crippen LogP contribution in [0.5, 0.6) is 0 Å². The molecule has 0 amide bonds. The fraction of sp³-hybridized carbons (Fsp3) is 0.214. The second kappa shape index (κ2) is 5.99. The van der Waals surface area contributed by atoms with Crippen molar-refractivity contribution in [2.75, 3.05) is 11.3 Å². The number of hydrogen-bond acceptors (Lipinski definition) is 4. The molecule has 0 aliphatic heterocycles. The molecule has 1 aromatic heterocycles. The lowest BCUT2D eigenvalue weighted by molar-refractivity contribution is 0.598. The summed E-state index contributed by atoms with van der Waals surface area (Å²) in [4.78, 5) is 3.84. The van der Waals surface area contributed by atoms with Crippen molar-refractivity contribution in [3.8, 4) is 11.8 Å². The second-order valence-electron chi connectivity index (χ2n) is 4.52. The van der Waals surface area contributed by atoms with Gasteiger partial charge in [-0.15, -0.1) is 0 Å². The Labute approximate surface area is 124 Å². The molecule has 7 heteroatoms. The lowest BCUT2D eigenvalue weighted by atomic mass is 10.1. The van der Waals surface area contributed by atoms with E-state index < -0.39 is 10.0 Å². The van der Waals surface area contributed by atoms with Crippen LogP contribution < -0.4 is 10.5 Å². The average Bonchev–Trinajstić information content (AvgIpc) is 2.85. The molecule has 0 saturated carbocycles. The maximum atomic E-state index is 12.2. The van der Waals surface area contributed by atoms with Gasteiger partial charge in [0.05, 0.1) is 12.9 Å². The average molecular weight is 304 g/mol. The van der Waals surface area contributed by atoms with Gasteiger partial charge in [-0.25, -0.2) is 4.98 Å². The Kier molecular flexibility index (Phi) is 4.31. The number of aryl methyl sites for hydroxylation is 2. The van der Waals surface area contributed by atoms with Crippen LogP contribution in [0.15, 0.2) is 35.7 Å². The summed E-state index contributed by atoms with van der Waals surface area (Å²) >= 11 is 0. The van der Waals surface area contributed by atoms with Gasteiger partial charge in [-0.2, -0.15) is 8.42 Å². The quantitative estimate of drug-likeness (QED) is 0.822. The second-order valence-corrected chi connectivity index (χ2v) is 6.15. The van der Waals surface area contributed by atoms with Gasteiger partial charge in [-0.3, -0.25) is 4.72 Å². The zero-order valence-electron chi connectivity index (χ0n) is 11.8. The highest BCUT2D eigenvalue weighted by Crippen LogP contribution is 2.18. The number of aromatic nitrogens is 2. The van der Waals surface area contributed by atoms with Crippen LogP contribution in [0.25, 0.3) is 0 Å². The van der Waals surface area contributed by atoms with Crippen molar-refractivity contribution >= 4 is 15.7 Å². The third kappa shape index (κ3) is 3.62. The Balaban J connectivity index is 2.26. The van der Waals surface area contributed by atoms with Gasteiger partial charge < -0.3 is 10.3 Å². The third-order valence-electron chi connectivity index (χ3n) is 2.76. The fourth-order valence-electron chi connectivity index (χ4n) is 1.75. The van der Waals surface area contributed by atoms with Gasteiger partial charge in [0.1, 0.15) is 0 Å². The fourth-order valence-corrected chi connectivity index (χ4v) is 2.78. The van der Waals surface area contributed by atoms with Crippen molar-refractivity contribution < 1.29 is 8.42 Å². The van der Waals surface area contributed by atoms with Gasteiger partial charge in [0.25, 0.3) is 10.0 Å². The first-order chi connectivity index (χ1) is 9.92. The van der Waals surface area contributed by atoms with Crippen molar-refractivity contribution in [3.63, 3.8) is 0 Å². The van der Waals surface area contributed by atoms with Crippen LogP contribution in [0.1, 0.15) is 11.1 Å². The molecule has 110 valence electrons. The summed E-state index contributed by atoms with van der Waals surface area (Å²) in [6.45, 7) is 2.15. The molecule has 0 spiro atoms. The van der Waals surface area contributed by atoms with Crippen molar-refractivity contribution in [3.05, 3.63) is 41.9 Å². The summed E-state index contributed by atoms with van der Waals surface area (Å²) in [6.07, 6.45) is 2.88. The first-order valence-electron chi connectivity index (χ1n) is 6.23. The lowest BCUT2D eigenvalue weighted by Gasteiger charge is -2.07. The Morgan fingerprint density at radius 3 is 2.76 bits per heavy atom. The smallest absolute Gasteiger partial charge is 0.280 e.